The average molecular weight is 654 g/mol. The molecule has 11 rings (SSSR count). The number of benzene rings is 7. The van der Waals surface area contributed by atoms with Gasteiger partial charge in [0.1, 0.15) is 0 Å². The molecule has 11 aromatic rings. The number of fused-ring (bicyclic) bond motifs is 9. The molecule has 0 fully saturated rings. The van der Waals surface area contributed by atoms with E-state index < -0.39 is 0 Å². The predicted octanol–water partition coefficient (Wildman–Crippen LogP) is 12.7. The summed E-state index contributed by atoms with van der Waals surface area (Å²) in [5.74, 6) is 0.716. The van der Waals surface area contributed by atoms with Crippen molar-refractivity contribution in [2.75, 3.05) is 0 Å². The van der Waals surface area contributed by atoms with Crippen molar-refractivity contribution in [3.63, 3.8) is 0 Å². The molecule has 0 atom stereocenters. The molecule has 0 N–H and O–H groups in total. The number of aromatic nitrogens is 3. The first-order chi connectivity index (χ1) is 24.8. The van der Waals surface area contributed by atoms with Crippen LogP contribution in [0.1, 0.15) is 0 Å². The van der Waals surface area contributed by atoms with Crippen LogP contribution in [-0.4, -0.2) is 14.4 Å². The van der Waals surface area contributed by atoms with E-state index >= 15 is 0 Å². The standard InChI is InChI=1S/C46H27N3S/c1-3-12-28(13-4-1)37-27-38(29-14-5-2-6-15-29)48-46(47-37)36-24-25-40-44(35-19-11-18-34-31-16-7-9-20-39(31)49(40)45(34)35)43(36)30-22-23-33-32-17-8-10-21-41(32)50-42(33)26-30/h1-27H. The molecule has 0 spiro atoms. The first-order valence-corrected chi connectivity index (χ1v) is 17.7. The maximum absolute atomic E-state index is 5.33. The third-order valence-corrected chi connectivity index (χ3v) is 11.3. The van der Waals surface area contributed by atoms with Crippen LogP contribution in [-0.2, 0) is 0 Å². The van der Waals surface area contributed by atoms with Gasteiger partial charge in [-0.2, -0.15) is 0 Å². The van der Waals surface area contributed by atoms with Gasteiger partial charge in [0.05, 0.1) is 27.9 Å². The molecule has 0 aliphatic rings. The van der Waals surface area contributed by atoms with Crippen molar-refractivity contribution in [1.29, 1.82) is 0 Å². The van der Waals surface area contributed by atoms with E-state index in [1.165, 1.54) is 58.3 Å². The van der Waals surface area contributed by atoms with Crippen LogP contribution in [0.2, 0.25) is 0 Å². The molecule has 232 valence electrons. The lowest BCUT2D eigenvalue weighted by Gasteiger charge is -2.15. The summed E-state index contributed by atoms with van der Waals surface area (Å²) in [5, 5.41) is 7.61. The zero-order valence-electron chi connectivity index (χ0n) is 26.8. The van der Waals surface area contributed by atoms with E-state index in [0.717, 1.165) is 39.2 Å². The Labute approximate surface area is 291 Å². The van der Waals surface area contributed by atoms with Crippen LogP contribution in [0.3, 0.4) is 0 Å². The first-order valence-electron chi connectivity index (χ1n) is 16.9. The normalized spacial score (nSPS) is 12.0. The van der Waals surface area contributed by atoms with Crippen molar-refractivity contribution >= 4 is 69.6 Å². The topological polar surface area (TPSA) is 30.2 Å². The van der Waals surface area contributed by atoms with Gasteiger partial charge >= 0.3 is 0 Å². The van der Waals surface area contributed by atoms with E-state index in [2.05, 4.69) is 156 Å². The fourth-order valence-corrected chi connectivity index (χ4v) is 9.12. The molecule has 0 amide bonds. The lowest BCUT2D eigenvalue weighted by molar-refractivity contribution is 1.18. The van der Waals surface area contributed by atoms with Gasteiger partial charge in [0.15, 0.2) is 5.82 Å². The van der Waals surface area contributed by atoms with Gasteiger partial charge in [0.25, 0.3) is 0 Å². The van der Waals surface area contributed by atoms with Gasteiger partial charge in [-0.3, -0.25) is 0 Å². The Morgan fingerprint density at radius 2 is 1.06 bits per heavy atom. The summed E-state index contributed by atoms with van der Waals surface area (Å²) in [4.78, 5) is 10.7. The highest BCUT2D eigenvalue weighted by molar-refractivity contribution is 7.25. The molecule has 0 radical (unpaired) electrons. The van der Waals surface area contributed by atoms with Crippen LogP contribution in [0.4, 0.5) is 0 Å². The molecule has 0 saturated carbocycles. The fraction of sp³-hybridized carbons (Fsp3) is 0. The highest BCUT2D eigenvalue weighted by Gasteiger charge is 2.24. The maximum atomic E-state index is 5.33. The zero-order chi connectivity index (χ0) is 32.8. The highest BCUT2D eigenvalue weighted by atomic mass is 32.1. The number of nitrogens with zero attached hydrogens (tertiary/aromatic N) is 3. The summed E-state index contributed by atoms with van der Waals surface area (Å²) < 4.78 is 5.03. The van der Waals surface area contributed by atoms with Crippen molar-refractivity contribution < 1.29 is 0 Å². The highest BCUT2D eigenvalue weighted by Crippen LogP contribution is 2.47. The van der Waals surface area contributed by atoms with Crippen molar-refractivity contribution in [3.8, 4) is 45.0 Å². The smallest absolute Gasteiger partial charge is 0.161 e. The van der Waals surface area contributed by atoms with E-state index in [4.69, 9.17) is 9.97 Å². The van der Waals surface area contributed by atoms with E-state index in [1.807, 2.05) is 23.5 Å². The SMILES string of the molecule is c1ccc(-c2cc(-c3ccccc3)nc(-c3ccc4c(c3-c3ccc5c(c3)sc3ccccc35)c3cccc5c6ccccc6n4c53)n2)cc1. The Kier molecular flexibility index (Phi) is 5.83. The third-order valence-electron chi connectivity index (χ3n) is 10.2. The molecule has 50 heavy (non-hydrogen) atoms. The predicted molar refractivity (Wildman–Crippen MR) is 211 cm³/mol. The molecule has 4 heteroatoms. The largest absolute Gasteiger partial charge is 0.308 e. The Bertz CT molecular complexity index is 3030. The lowest BCUT2D eigenvalue weighted by Crippen LogP contribution is -1.98. The van der Waals surface area contributed by atoms with Crippen LogP contribution >= 0.6 is 11.3 Å². The average Bonchev–Trinajstić information content (AvgIpc) is 3.85. The van der Waals surface area contributed by atoms with E-state index in [9.17, 15) is 0 Å². The molecule has 4 aromatic heterocycles. The number of hydrogen-bond acceptors (Lipinski definition) is 3. The maximum Gasteiger partial charge on any atom is 0.161 e. The molecule has 0 bridgehead atoms. The monoisotopic (exact) mass is 653 g/mol. The van der Waals surface area contributed by atoms with Gasteiger partial charge in [-0.1, -0.05) is 127 Å². The Morgan fingerprint density at radius 1 is 0.420 bits per heavy atom. The van der Waals surface area contributed by atoms with E-state index in [1.54, 1.807) is 0 Å². The van der Waals surface area contributed by atoms with Crippen molar-refractivity contribution in [3.05, 3.63) is 164 Å². The molecule has 0 saturated heterocycles. The van der Waals surface area contributed by atoms with Crippen LogP contribution in [0, 0.1) is 0 Å². The number of thiophene rings is 1. The van der Waals surface area contributed by atoms with Crippen LogP contribution in [0.15, 0.2) is 164 Å². The second-order valence-electron chi connectivity index (χ2n) is 12.9. The minimum absolute atomic E-state index is 0.716. The second kappa shape index (κ2) is 10.6. The number of hydrogen-bond donors (Lipinski definition) is 0. The fourth-order valence-electron chi connectivity index (χ4n) is 7.97. The summed E-state index contributed by atoms with van der Waals surface area (Å²) in [6.07, 6.45) is 0. The van der Waals surface area contributed by atoms with Gasteiger partial charge < -0.3 is 4.40 Å². The Balaban J connectivity index is 1.28. The van der Waals surface area contributed by atoms with Gasteiger partial charge in [0, 0.05) is 64.0 Å². The molecule has 0 unspecified atom stereocenters. The summed E-state index contributed by atoms with van der Waals surface area (Å²) in [6, 6.07) is 58.7. The molecular formula is C46H27N3S. The van der Waals surface area contributed by atoms with Crippen molar-refractivity contribution in [1.82, 2.24) is 14.4 Å². The van der Waals surface area contributed by atoms with Crippen molar-refractivity contribution in [2.24, 2.45) is 0 Å². The van der Waals surface area contributed by atoms with Crippen LogP contribution < -0.4 is 0 Å². The lowest BCUT2D eigenvalue weighted by atomic mass is 9.92. The van der Waals surface area contributed by atoms with Crippen molar-refractivity contribution in [2.45, 2.75) is 0 Å². The molecule has 3 nitrogen and oxygen atoms in total. The number of rotatable bonds is 4. The quantitative estimate of drug-likeness (QED) is 0.189. The van der Waals surface area contributed by atoms with E-state index in [0.29, 0.717) is 5.82 Å². The van der Waals surface area contributed by atoms with Crippen LogP contribution in [0.5, 0.6) is 0 Å². The van der Waals surface area contributed by atoms with Gasteiger partial charge in [-0.05, 0) is 42.0 Å². The number of para-hydroxylation sites is 2. The molecular weight excluding hydrogens is 627 g/mol. The van der Waals surface area contributed by atoms with Crippen LogP contribution in [0.25, 0.3) is 103 Å². The van der Waals surface area contributed by atoms with E-state index in [-0.39, 0.29) is 0 Å². The summed E-state index contributed by atoms with van der Waals surface area (Å²) in [5.41, 5.74) is 10.9. The Hall–Kier alpha value is -6.36. The second-order valence-corrected chi connectivity index (χ2v) is 14.0. The minimum Gasteiger partial charge on any atom is -0.308 e. The van der Waals surface area contributed by atoms with Gasteiger partial charge in [-0.25, -0.2) is 9.97 Å². The molecule has 4 heterocycles. The molecule has 0 aliphatic carbocycles. The molecule has 0 aliphatic heterocycles. The molecule has 7 aromatic carbocycles. The summed E-state index contributed by atoms with van der Waals surface area (Å²) in [7, 11) is 0. The Morgan fingerprint density at radius 3 is 1.84 bits per heavy atom. The zero-order valence-corrected chi connectivity index (χ0v) is 27.7. The summed E-state index contributed by atoms with van der Waals surface area (Å²) in [6.45, 7) is 0. The van der Waals surface area contributed by atoms with Gasteiger partial charge in [0.2, 0.25) is 0 Å². The first kappa shape index (κ1) is 27.6. The van der Waals surface area contributed by atoms with Gasteiger partial charge in [-0.15, -0.1) is 11.3 Å². The third kappa shape index (κ3) is 3.97. The minimum atomic E-state index is 0.716. The summed E-state index contributed by atoms with van der Waals surface area (Å²) >= 11 is 1.85.